The van der Waals surface area contributed by atoms with Gasteiger partial charge in [0.15, 0.2) is 0 Å². The minimum Gasteiger partial charge on any atom is -0.496 e. The largest absolute Gasteiger partial charge is 0.496 e. The van der Waals surface area contributed by atoms with Gasteiger partial charge >= 0.3 is 5.97 Å². The maximum Gasteiger partial charge on any atom is 0.339 e. The van der Waals surface area contributed by atoms with Crippen LogP contribution in [-0.4, -0.2) is 30.8 Å². The Morgan fingerprint density at radius 1 is 1.05 bits per heavy atom. The summed E-state index contributed by atoms with van der Waals surface area (Å²) in [6.07, 6.45) is 1.58. The molecule has 0 aromatic heterocycles. The van der Waals surface area contributed by atoms with Crippen LogP contribution in [0.4, 0.5) is 0 Å². The molecule has 190 valence electrons. The van der Waals surface area contributed by atoms with E-state index in [1.54, 1.807) is 13.2 Å². The number of fused-ring (bicyclic) bond motifs is 2. The topological polar surface area (TPSA) is 67.8 Å². The number of rotatable bonds is 8. The zero-order chi connectivity index (χ0) is 25.9. The van der Waals surface area contributed by atoms with Crippen molar-refractivity contribution in [1.82, 2.24) is 5.32 Å². The molecule has 4 aromatic rings. The van der Waals surface area contributed by atoms with Crippen molar-refractivity contribution in [2.45, 2.75) is 44.8 Å². The second-order valence-corrected chi connectivity index (χ2v) is 9.78. The zero-order valence-corrected chi connectivity index (χ0v) is 21.5. The van der Waals surface area contributed by atoms with Crippen LogP contribution in [-0.2, 0) is 0 Å². The maximum absolute atomic E-state index is 11.9. The Morgan fingerprint density at radius 3 is 2.62 bits per heavy atom. The third-order valence-electron chi connectivity index (χ3n) is 7.49. The lowest BCUT2D eigenvalue weighted by atomic mass is 9.80. The van der Waals surface area contributed by atoms with Crippen LogP contribution in [0.15, 0.2) is 78.9 Å². The van der Waals surface area contributed by atoms with Crippen molar-refractivity contribution in [3.63, 3.8) is 0 Å². The van der Waals surface area contributed by atoms with Crippen molar-refractivity contribution in [2.75, 3.05) is 13.7 Å². The first kappa shape index (κ1) is 24.8. The summed E-state index contributed by atoms with van der Waals surface area (Å²) in [6, 6.07) is 26.7. The fraction of sp³-hybridized carbons (Fsp3) is 0.281. The minimum absolute atomic E-state index is 0.00953. The highest BCUT2D eigenvalue weighted by atomic mass is 16.5. The molecule has 1 aliphatic rings. The quantitative estimate of drug-likeness (QED) is 0.279. The summed E-state index contributed by atoms with van der Waals surface area (Å²) >= 11 is 0. The van der Waals surface area contributed by atoms with Gasteiger partial charge in [0.25, 0.3) is 0 Å². The van der Waals surface area contributed by atoms with Crippen LogP contribution < -0.4 is 14.8 Å². The average Bonchev–Trinajstić information content (AvgIpc) is 2.91. The molecule has 5 rings (SSSR count). The molecule has 0 saturated carbocycles. The predicted molar refractivity (Wildman–Crippen MR) is 147 cm³/mol. The van der Waals surface area contributed by atoms with E-state index in [-0.39, 0.29) is 23.6 Å². The molecule has 0 spiro atoms. The summed E-state index contributed by atoms with van der Waals surface area (Å²) in [5.41, 5.74) is 4.50. The van der Waals surface area contributed by atoms with E-state index in [2.05, 4.69) is 60.8 Å². The van der Waals surface area contributed by atoms with Crippen LogP contribution in [0.5, 0.6) is 11.5 Å². The Hall–Kier alpha value is -3.83. The average molecular weight is 496 g/mol. The van der Waals surface area contributed by atoms with Crippen molar-refractivity contribution in [3.05, 3.63) is 107 Å². The van der Waals surface area contributed by atoms with Crippen LogP contribution in [0, 0.1) is 6.92 Å². The number of benzene rings is 4. The molecule has 0 unspecified atom stereocenters. The van der Waals surface area contributed by atoms with Gasteiger partial charge in [-0.3, -0.25) is 0 Å². The molecule has 5 nitrogen and oxygen atoms in total. The predicted octanol–water partition coefficient (Wildman–Crippen LogP) is 6.88. The van der Waals surface area contributed by atoms with Gasteiger partial charge in [-0.25, -0.2) is 4.79 Å². The lowest BCUT2D eigenvalue weighted by Crippen LogP contribution is -2.31. The lowest BCUT2D eigenvalue weighted by molar-refractivity contribution is 0.0693. The van der Waals surface area contributed by atoms with Gasteiger partial charge in [-0.2, -0.15) is 0 Å². The highest BCUT2D eigenvalue weighted by Gasteiger charge is 2.33. The summed E-state index contributed by atoms with van der Waals surface area (Å²) in [5, 5.41) is 16.0. The van der Waals surface area contributed by atoms with Crippen LogP contribution in [0.25, 0.3) is 10.8 Å². The van der Waals surface area contributed by atoms with E-state index in [0.717, 1.165) is 41.8 Å². The van der Waals surface area contributed by atoms with Crippen molar-refractivity contribution in [2.24, 2.45) is 0 Å². The highest BCUT2D eigenvalue weighted by molar-refractivity contribution is 5.92. The second kappa shape index (κ2) is 10.7. The highest BCUT2D eigenvalue weighted by Crippen LogP contribution is 2.46. The van der Waals surface area contributed by atoms with Crippen LogP contribution >= 0.6 is 0 Å². The molecule has 5 heteroatoms. The number of hydrogen-bond acceptors (Lipinski definition) is 4. The van der Waals surface area contributed by atoms with Gasteiger partial charge in [0.05, 0.1) is 7.11 Å². The van der Waals surface area contributed by atoms with Crippen molar-refractivity contribution in [1.29, 1.82) is 0 Å². The smallest absolute Gasteiger partial charge is 0.339 e. The number of aromatic carboxylic acids is 1. The SMILES string of the molecule is COc1c(C(=O)O)ccc(C)c1[C@@H]1C[C@H](CCN[C@H](C)c2cccc3ccccc23)Oc2ccccc21. The van der Waals surface area contributed by atoms with Crippen LogP contribution in [0.3, 0.4) is 0 Å². The molecule has 37 heavy (non-hydrogen) atoms. The van der Waals surface area contributed by atoms with Gasteiger partial charge in [-0.05, 0) is 67.3 Å². The Balaban J connectivity index is 1.37. The van der Waals surface area contributed by atoms with E-state index >= 15 is 0 Å². The fourth-order valence-electron chi connectivity index (χ4n) is 5.66. The number of carbonyl (C=O) groups is 1. The van der Waals surface area contributed by atoms with Gasteiger partial charge in [0.1, 0.15) is 23.2 Å². The van der Waals surface area contributed by atoms with Crippen molar-refractivity contribution < 1.29 is 19.4 Å². The molecule has 0 amide bonds. The molecule has 1 aliphatic heterocycles. The molecular weight excluding hydrogens is 462 g/mol. The van der Waals surface area contributed by atoms with E-state index in [1.165, 1.54) is 16.3 Å². The Kier molecular flexibility index (Phi) is 7.15. The third-order valence-corrected chi connectivity index (χ3v) is 7.49. The van der Waals surface area contributed by atoms with Gasteiger partial charge in [0, 0.05) is 23.1 Å². The molecule has 0 aliphatic carbocycles. The zero-order valence-electron chi connectivity index (χ0n) is 21.5. The number of carboxylic acids is 1. The fourth-order valence-corrected chi connectivity index (χ4v) is 5.66. The molecule has 0 saturated heterocycles. The normalized spacial score (nSPS) is 17.6. The molecule has 4 aromatic carbocycles. The summed E-state index contributed by atoms with van der Waals surface area (Å²) in [5.74, 6) is 0.296. The minimum atomic E-state index is -0.985. The first-order chi connectivity index (χ1) is 18.0. The van der Waals surface area contributed by atoms with Gasteiger partial charge < -0.3 is 19.9 Å². The third kappa shape index (κ3) is 4.92. The Morgan fingerprint density at radius 2 is 1.81 bits per heavy atom. The first-order valence-electron chi connectivity index (χ1n) is 12.8. The number of methoxy groups -OCH3 is 1. The second-order valence-electron chi connectivity index (χ2n) is 9.78. The maximum atomic E-state index is 11.9. The molecule has 3 atom stereocenters. The molecule has 0 bridgehead atoms. The first-order valence-corrected chi connectivity index (χ1v) is 12.8. The molecule has 2 N–H and O–H groups in total. The summed E-state index contributed by atoms with van der Waals surface area (Å²) in [7, 11) is 1.55. The number of nitrogens with one attached hydrogen (secondary N) is 1. The molecule has 1 heterocycles. The van der Waals surface area contributed by atoms with Crippen molar-refractivity contribution in [3.8, 4) is 11.5 Å². The monoisotopic (exact) mass is 495 g/mol. The number of hydrogen-bond donors (Lipinski definition) is 2. The Bertz CT molecular complexity index is 1420. The van der Waals surface area contributed by atoms with E-state index < -0.39 is 5.97 Å². The van der Waals surface area contributed by atoms with E-state index in [1.807, 2.05) is 31.2 Å². The van der Waals surface area contributed by atoms with Gasteiger partial charge in [-0.15, -0.1) is 0 Å². The molecular formula is C32H33NO4. The van der Waals surface area contributed by atoms with Gasteiger partial charge in [0.2, 0.25) is 0 Å². The number of ether oxygens (including phenoxy) is 2. The van der Waals surface area contributed by atoms with E-state index in [0.29, 0.717) is 5.75 Å². The van der Waals surface area contributed by atoms with E-state index in [4.69, 9.17) is 9.47 Å². The standard InChI is InChI=1S/C32H33NO4/c1-20-15-16-27(32(34)35)31(36-3)30(20)28-19-23(37-29-14-7-6-12-26(28)29)17-18-33-21(2)24-13-8-10-22-9-4-5-11-25(22)24/h4-16,21,23,28,33H,17-19H2,1-3H3,(H,34,35)/t21-,23+,28-/m1/s1. The van der Waals surface area contributed by atoms with E-state index in [9.17, 15) is 9.90 Å². The summed E-state index contributed by atoms with van der Waals surface area (Å²) in [4.78, 5) is 11.9. The van der Waals surface area contributed by atoms with Gasteiger partial charge in [-0.1, -0.05) is 66.7 Å². The summed E-state index contributed by atoms with van der Waals surface area (Å²) < 4.78 is 12.1. The van der Waals surface area contributed by atoms with Crippen LogP contribution in [0.1, 0.15) is 64.3 Å². The number of carboxylic acid groups (broad SMARTS) is 1. The number of aryl methyl sites for hydroxylation is 1. The van der Waals surface area contributed by atoms with Crippen LogP contribution in [0.2, 0.25) is 0 Å². The number of para-hydroxylation sites is 1. The summed E-state index contributed by atoms with van der Waals surface area (Å²) in [6.45, 7) is 5.02. The molecule has 0 radical (unpaired) electrons. The lowest BCUT2D eigenvalue weighted by Gasteiger charge is -2.34. The van der Waals surface area contributed by atoms with Crippen molar-refractivity contribution >= 4 is 16.7 Å². The Labute approximate surface area is 218 Å². The molecule has 0 fully saturated rings.